The summed E-state index contributed by atoms with van der Waals surface area (Å²) in [6.07, 6.45) is 3.17. The van der Waals surface area contributed by atoms with Crippen molar-refractivity contribution in [2.45, 2.75) is 25.7 Å². The molecule has 6 heteroatoms. The number of benzene rings is 2. The molecule has 0 bridgehead atoms. The third-order valence-corrected chi connectivity index (χ3v) is 5.42. The molecular formula is C22H20N4O2. The second-order valence-electron chi connectivity index (χ2n) is 7.09. The summed E-state index contributed by atoms with van der Waals surface area (Å²) in [4.78, 5) is 22.4. The lowest BCUT2D eigenvalue weighted by Crippen LogP contribution is -2.25. The fourth-order valence-electron chi connectivity index (χ4n) is 3.97. The highest BCUT2D eigenvalue weighted by Crippen LogP contribution is 2.34. The van der Waals surface area contributed by atoms with Crippen LogP contribution in [-0.4, -0.2) is 27.6 Å². The van der Waals surface area contributed by atoms with Crippen LogP contribution in [0.1, 0.15) is 30.7 Å². The number of aromatic nitrogens is 3. The van der Waals surface area contributed by atoms with Gasteiger partial charge in [0.15, 0.2) is 5.82 Å². The minimum absolute atomic E-state index is 0.0691. The number of H-pyrrole nitrogens is 1. The van der Waals surface area contributed by atoms with Crippen LogP contribution in [0.5, 0.6) is 0 Å². The molecule has 4 aromatic rings. The number of aromatic amines is 1. The highest BCUT2D eigenvalue weighted by molar-refractivity contribution is 5.97. The largest absolute Gasteiger partial charge is 0.361 e. The highest BCUT2D eigenvalue weighted by Gasteiger charge is 2.35. The summed E-state index contributed by atoms with van der Waals surface area (Å²) in [5, 5.41) is 5.24. The van der Waals surface area contributed by atoms with Gasteiger partial charge in [-0.3, -0.25) is 4.79 Å². The van der Waals surface area contributed by atoms with Gasteiger partial charge in [0.1, 0.15) is 0 Å². The zero-order valence-corrected chi connectivity index (χ0v) is 15.6. The molecule has 2 aromatic carbocycles. The van der Waals surface area contributed by atoms with Crippen LogP contribution in [0.4, 0.5) is 5.69 Å². The van der Waals surface area contributed by atoms with Crippen molar-refractivity contribution in [3.05, 3.63) is 66.1 Å². The minimum Gasteiger partial charge on any atom is -0.361 e. The summed E-state index contributed by atoms with van der Waals surface area (Å²) in [7, 11) is 0. The zero-order chi connectivity index (χ0) is 19.1. The molecule has 1 N–H and O–H groups in total. The maximum absolute atomic E-state index is 12.7. The first-order chi connectivity index (χ1) is 13.7. The average molecular weight is 372 g/mol. The normalized spacial score (nSPS) is 17.0. The van der Waals surface area contributed by atoms with Crippen LogP contribution < -0.4 is 4.90 Å². The number of para-hydroxylation sites is 1. The molecule has 5 rings (SSSR count). The number of carbonyl (C=O) groups is 1. The molecule has 0 saturated carbocycles. The molecule has 2 aromatic heterocycles. The van der Waals surface area contributed by atoms with Gasteiger partial charge in [0.25, 0.3) is 5.89 Å². The predicted octanol–water partition coefficient (Wildman–Crippen LogP) is 4.30. The van der Waals surface area contributed by atoms with E-state index in [4.69, 9.17) is 4.52 Å². The number of nitrogens with zero attached hydrogens (tertiary/aromatic N) is 3. The fraction of sp³-hybridized carbons (Fsp3) is 0.227. The first kappa shape index (κ1) is 16.7. The standard InChI is InChI=1S/C22H20N4O2/c1-2-14-6-3-4-9-19(14)26-13-15(12-20(26)27)21-24-22(28-25-21)17-7-5-8-18-16(17)10-11-23-18/h3-11,15,23H,2,12-13H2,1H3. The van der Waals surface area contributed by atoms with E-state index >= 15 is 0 Å². The number of rotatable bonds is 4. The predicted molar refractivity (Wildman–Crippen MR) is 107 cm³/mol. The third kappa shape index (κ3) is 2.69. The lowest BCUT2D eigenvalue weighted by atomic mass is 10.1. The summed E-state index contributed by atoms with van der Waals surface area (Å²) in [5.74, 6) is 1.11. The van der Waals surface area contributed by atoms with E-state index in [2.05, 4.69) is 28.1 Å². The van der Waals surface area contributed by atoms with Crippen LogP contribution in [0.15, 0.2) is 59.3 Å². The molecule has 0 aliphatic carbocycles. The van der Waals surface area contributed by atoms with Crippen molar-refractivity contribution in [1.29, 1.82) is 0 Å². The number of amides is 1. The Labute approximate surface area is 162 Å². The molecule has 0 radical (unpaired) electrons. The van der Waals surface area contributed by atoms with Crippen molar-refractivity contribution >= 4 is 22.5 Å². The lowest BCUT2D eigenvalue weighted by Gasteiger charge is -2.19. The Balaban J connectivity index is 1.44. The highest BCUT2D eigenvalue weighted by atomic mass is 16.5. The van der Waals surface area contributed by atoms with Crippen LogP contribution >= 0.6 is 0 Å². The number of anilines is 1. The van der Waals surface area contributed by atoms with Crippen molar-refractivity contribution in [1.82, 2.24) is 15.1 Å². The molecule has 1 saturated heterocycles. The maximum atomic E-state index is 12.7. The van der Waals surface area contributed by atoms with Crippen molar-refractivity contribution in [2.75, 3.05) is 11.4 Å². The molecule has 1 aliphatic rings. The Morgan fingerprint density at radius 3 is 2.96 bits per heavy atom. The first-order valence-electron chi connectivity index (χ1n) is 9.53. The van der Waals surface area contributed by atoms with Gasteiger partial charge in [-0.1, -0.05) is 36.3 Å². The van der Waals surface area contributed by atoms with E-state index < -0.39 is 0 Å². The molecule has 140 valence electrons. The molecule has 0 spiro atoms. The number of fused-ring (bicyclic) bond motifs is 1. The Morgan fingerprint density at radius 1 is 1.18 bits per heavy atom. The van der Waals surface area contributed by atoms with E-state index in [-0.39, 0.29) is 11.8 Å². The van der Waals surface area contributed by atoms with Crippen LogP contribution in [0.25, 0.3) is 22.4 Å². The Morgan fingerprint density at radius 2 is 2.07 bits per heavy atom. The molecule has 3 heterocycles. The number of hydrogen-bond donors (Lipinski definition) is 1. The quantitative estimate of drug-likeness (QED) is 0.579. The molecule has 1 amide bonds. The molecule has 1 aliphatic heterocycles. The Hall–Kier alpha value is -3.41. The van der Waals surface area contributed by atoms with E-state index in [0.717, 1.165) is 28.6 Å². The van der Waals surface area contributed by atoms with Crippen LogP contribution in [0, 0.1) is 0 Å². The van der Waals surface area contributed by atoms with Gasteiger partial charge in [-0.15, -0.1) is 0 Å². The SMILES string of the molecule is CCc1ccccc1N1CC(c2noc(-c3cccc4[nH]ccc34)n2)CC1=O. The van der Waals surface area contributed by atoms with Crippen molar-refractivity contribution in [3.63, 3.8) is 0 Å². The molecule has 6 nitrogen and oxygen atoms in total. The van der Waals surface area contributed by atoms with Gasteiger partial charge in [-0.2, -0.15) is 4.98 Å². The fourth-order valence-corrected chi connectivity index (χ4v) is 3.97. The smallest absolute Gasteiger partial charge is 0.258 e. The van der Waals surface area contributed by atoms with Gasteiger partial charge >= 0.3 is 0 Å². The van der Waals surface area contributed by atoms with E-state index in [9.17, 15) is 4.79 Å². The lowest BCUT2D eigenvalue weighted by molar-refractivity contribution is -0.117. The second-order valence-corrected chi connectivity index (χ2v) is 7.09. The molecule has 28 heavy (non-hydrogen) atoms. The Bertz CT molecular complexity index is 1160. The van der Waals surface area contributed by atoms with E-state index in [0.29, 0.717) is 24.7 Å². The van der Waals surface area contributed by atoms with Crippen LogP contribution in [-0.2, 0) is 11.2 Å². The molecule has 1 unspecified atom stereocenters. The van der Waals surface area contributed by atoms with E-state index in [1.807, 2.05) is 53.6 Å². The summed E-state index contributed by atoms with van der Waals surface area (Å²) < 4.78 is 5.56. The molecular weight excluding hydrogens is 352 g/mol. The van der Waals surface area contributed by atoms with Gasteiger partial charge in [0, 0.05) is 47.2 Å². The Kier molecular flexibility index (Phi) is 3.97. The number of hydrogen-bond acceptors (Lipinski definition) is 4. The summed E-state index contributed by atoms with van der Waals surface area (Å²) in [6, 6.07) is 16.0. The van der Waals surface area contributed by atoms with Crippen molar-refractivity contribution in [2.24, 2.45) is 0 Å². The van der Waals surface area contributed by atoms with Gasteiger partial charge in [0.2, 0.25) is 5.91 Å². The minimum atomic E-state index is -0.0691. The van der Waals surface area contributed by atoms with Gasteiger partial charge in [-0.05, 0) is 36.2 Å². The average Bonchev–Trinajstić information content (AvgIpc) is 3.46. The summed E-state index contributed by atoms with van der Waals surface area (Å²) >= 11 is 0. The van der Waals surface area contributed by atoms with Crippen LogP contribution in [0.2, 0.25) is 0 Å². The second kappa shape index (κ2) is 6.64. The number of nitrogens with one attached hydrogen (secondary N) is 1. The number of carbonyl (C=O) groups excluding carboxylic acids is 1. The van der Waals surface area contributed by atoms with Gasteiger partial charge in [0.05, 0.1) is 0 Å². The van der Waals surface area contributed by atoms with Gasteiger partial charge in [-0.25, -0.2) is 0 Å². The van der Waals surface area contributed by atoms with Crippen molar-refractivity contribution < 1.29 is 9.32 Å². The monoisotopic (exact) mass is 372 g/mol. The molecule has 1 fully saturated rings. The maximum Gasteiger partial charge on any atom is 0.258 e. The van der Waals surface area contributed by atoms with Crippen LogP contribution in [0.3, 0.4) is 0 Å². The molecule has 1 atom stereocenters. The summed E-state index contributed by atoms with van der Waals surface area (Å²) in [5.41, 5.74) is 4.08. The van der Waals surface area contributed by atoms with E-state index in [1.54, 1.807) is 0 Å². The topological polar surface area (TPSA) is 75.0 Å². The zero-order valence-electron chi connectivity index (χ0n) is 15.6. The first-order valence-corrected chi connectivity index (χ1v) is 9.53. The third-order valence-electron chi connectivity index (χ3n) is 5.42. The van der Waals surface area contributed by atoms with Gasteiger partial charge < -0.3 is 14.4 Å². The number of aryl methyl sites for hydroxylation is 1. The van der Waals surface area contributed by atoms with Crippen molar-refractivity contribution in [3.8, 4) is 11.5 Å². The van der Waals surface area contributed by atoms with E-state index in [1.165, 1.54) is 5.56 Å². The summed E-state index contributed by atoms with van der Waals surface area (Å²) in [6.45, 7) is 2.67.